The Labute approximate surface area is 176 Å². The van der Waals surface area contributed by atoms with Gasteiger partial charge >= 0.3 is 0 Å². The smallest absolute Gasteiger partial charge is 0.239 e. The molecule has 0 bridgehead atoms. The van der Waals surface area contributed by atoms with E-state index in [-0.39, 0.29) is 35.9 Å². The first-order valence-corrected chi connectivity index (χ1v) is 10.1. The fourth-order valence-corrected chi connectivity index (χ4v) is 3.90. The van der Waals surface area contributed by atoms with E-state index >= 15 is 0 Å². The molecule has 0 radical (unpaired) electrons. The summed E-state index contributed by atoms with van der Waals surface area (Å²) in [5.41, 5.74) is 0. The zero-order valence-electron chi connectivity index (χ0n) is 16.8. The third-order valence-corrected chi connectivity index (χ3v) is 5.25. The molecular formula is C19H38IN5O. The number of guanidine groups is 1. The van der Waals surface area contributed by atoms with Gasteiger partial charge in [0.05, 0.1) is 6.04 Å². The van der Waals surface area contributed by atoms with E-state index in [4.69, 9.17) is 4.99 Å². The van der Waals surface area contributed by atoms with Crippen LogP contribution in [-0.2, 0) is 4.79 Å². The van der Waals surface area contributed by atoms with Crippen molar-refractivity contribution in [3.05, 3.63) is 0 Å². The van der Waals surface area contributed by atoms with Gasteiger partial charge in [-0.05, 0) is 45.6 Å². The summed E-state index contributed by atoms with van der Waals surface area (Å²) in [5, 5.41) is 6.96. The number of carbonyl (C=O) groups excluding carboxylic acids is 1. The van der Waals surface area contributed by atoms with Crippen LogP contribution >= 0.6 is 24.0 Å². The zero-order valence-corrected chi connectivity index (χ0v) is 19.1. The Morgan fingerprint density at radius 2 is 1.88 bits per heavy atom. The van der Waals surface area contributed by atoms with E-state index in [9.17, 15) is 4.79 Å². The van der Waals surface area contributed by atoms with E-state index in [1.807, 2.05) is 14.1 Å². The first-order valence-electron chi connectivity index (χ1n) is 10.1. The average Bonchev–Trinajstić information content (AvgIpc) is 3.07. The van der Waals surface area contributed by atoms with E-state index < -0.39 is 0 Å². The molecule has 2 N–H and O–H groups in total. The molecule has 2 fully saturated rings. The number of aliphatic imine (C=N–C) groups is 1. The summed E-state index contributed by atoms with van der Waals surface area (Å²) in [4.78, 5) is 21.0. The highest BCUT2D eigenvalue weighted by molar-refractivity contribution is 14.0. The van der Waals surface area contributed by atoms with Crippen LogP contribution in [0.1, 0.15) is 58.3 Å². The predicted molar refractivity (Wildman–Crippen MR) is 119 cm³/mol. The molecule has 1 atom stereocenters. The molecule has 0 spiro atoms. The summed E-state index contributed by atoms with van der Waals surface area (Å²) >= 11 is 0. The lowest BCUT2D eigenvalue weighted by atomic mass is 9.96. The van der Waals surface area contributed by atoms with E-state index in [2.05, 4.69) is 22.5 Å². The van der Waals surface area contributed by atoms with Crippen molar-refractivity contribution in [3.63, 3.8) is 0 Å². The number of hydrogen-bond acceptors (Lipinski definition) is 3. The van der Waals surface area contributed by atoms with E-state index in [0.717, 1.165) is 51.4 Å². The number of halogens is 1. The van der Waals surface area contributed by atoms with Crippen LogP contribution in [0.4, 0.5) is 0 Å². The van der Waals surface area contributed by atoms with Crippen molar-refractivity contribution in [2.24, 2.45) is 4.99 Å². The third kappa shape index (κ3) is 7.58. The minimum Gasteiger partial charge on any atom is -0.357 e. The van der Waals surface area contributed by atoms with Crippen LogP contribution in [0.25, 0.3) is 0 Å². The van der Waals surface area contributed by atoms with Crippen molar-refractivity contribution >= 4 is 35.8 Å². The van der Waals surface area contributed by atoms with Crippen molar-refractivity contribution in [2.45, 2.75) is 70.4 Å². The highest BCUT2D eigenvalue weighted by Crippen LogP contribution is 2.19. The fourth-order valence-electron chi connectivity index (χ4n) is 3.90. The molecule has 7 heteroatoms. The van der Waals surface area contributed by atoms with Gasteiger partial charge in [-0.2, -0.15) is 0 Å². The maximum atomic E-state index is 12.2. The molecule has 2 aliphatic rings. The Hall–Kier alpha value is -0.570. The summed E-state index contributed by atoms with van der Waals surface area (Å²) in [6, 6.07) is 0.653. The second-order valence-electron chi connectivity index (χ2n) is 7.52. The van der Waals surface area contributed by atoms with Crippen molar-refractivity contribution in [3.8, 4) is 0 Å². The molecule has 0 aromatic heterocycles. The van der Waals surface area contributed by atoms with Crippen molar-refractivity contribution in [1.82, 2.24) is 20.4 Å². The van der Waals surface area contributed by atoms with Crippen LogP contribution < -0.4 is 10.6 Å². The lowest BCUT2D eigenvalue weighted by Crippen LogP contribution is -2.44. The molecule has 0 aromatic rings. The standard InChI is InChI=1S/C19H37N5O.HI/c1-4-20-19(22-16-10-6-5-7-11-16)21-13-9-15-24-14-8-12-17(24)18(25)23(2)3;/h16-17H,4-15H2,1-3H3,(H2,20,21,22);1H. The first kappa shape index (κ1) is 23.5. The van der Waals surface area contributed by atoms with Crippen LogP contribution in [0.15, 0.2) is 4.99 Å². The van der Waals surface area contributed by atoms with Crippen LogP contribution in [0.3, 0.4) is 0 Å². The topological polar surface area (TPSA) is 60.0 Å². The maximum absolute atomic E-state index is 12.2. The second kappa shape index (κ2) is 12.8. The van der Waals surface area contributed by atoms with Gasteiger partial charge < -0.3 is 15.5 Å². The number of carbonyl (C=O) groups is 1. The zero-order chi connectivity index (χ0) is 18.1. The van der Waals surface area contributed by atoms with Crippen LogP contribution in [-0.4, -0.2) is 74.0 Å². The SMILES string of the molecule is CCNC(=NCCCN1CCCC1C(=O)N(C)C)NC1CCCCC1.I. The molecule has 1 saturated heterocycles. The van der Waals surface area contributed by atoms with E-state index in [1.165, 1.54) is 32.1 Å². The minimum atomic E-state index is 0. The highest BCUT2D eigenvalue weighted by Gasteiger charge is 2.30. The summed E-state index contributed by atoms with van der Waals surface area (Å²) in [6.45, 7) is 5.80. The molecular weight excluding hydrogens is 441 g/mol. The van der Waals surface area contributed by atoms with Gasteiger partial charge in [0.15, 0.2) is 5.96 Å². The molecule has 26 heavy (non-hydrogen) atoms. The Balaban J connectivity index is 0.00000338. The number of rotatable bonds is 7. The number of likely N-dealkylation sites (tertiary alicyclic amines) is 1. The molecule has 1 saturated carbocycles. The van der Waals surface area contributed by atoms with Gasteiger partial charge in [-0.3, -0.25) is 14.7 Å². The normalized spacial score (nSPS) is 22.0. The molecule has 1 aliphatic heterocycles. The number of hydrogen-bond donors (Lipinski definition) is 2. The fraction of sp³-hybridized carbons (Fsp3) is 0.895. The predicted octanol–water partition coefficient (Wildman–Crippen LogP) is 2.43. The van der Waals surface area contributed by atoms with Crippen molar-refractivity contribution in [2.75, 3.05) is 40.3 Å². The largest absolute Gasteiger partial charge is 0.357 e. The number of nitrogens with zero attached hydrogens (tertiary/aromatic N) is 3. The van der Waals surface area contributed by atoms with Crippen LogP contribution in [0.5, 0.6) is 0 Å². The summed E-state index contributed by atoms with van der Waals surface area (Å²) in [6.07, 6.45) is 9.65. The van der Waals surface area contributed by atoms with E-state index in [0.29, 0.717) is 6.04 Å². The quantitative estimate of drug-likeness (QED) is 0.255. The Kier molecular flexibility index (Phi) is 11.5. The van der Waals surface area contributed by atoms with Gasteiger partial charge in [0.25, 0.3) is 0 Å². The van der Waals surface area contributed by atoms with Crippen molar-refractivity contribution in [1.29, 1.82) is 0 Å². The number of nitrogens with one attached hydrogen (secondary N) is 2. The maximum Gasteiger partial charge on any atom is 0.239 e. The molecule has 1 unspecified atom stereocenters. The molecule has 0 aromatic carbocycles. The lowest BCUT2D eigenvalue weighted by Gasteiger charge is -2.26. The third-order valence-electron chi connectivity index (χ3n) is 5.25. The minimum absolute atomic E-state index is 0. The molecule has 6 nitrogen and oxygen atoms in total. The molecule has 1 heterocycles. The molecule has 152 valence electrons. The molecule has 2 rings (SSSR count). The number of amides is 1. The first-order chi connectivity index (χ1) is 12.1. The summed E-state index contributed by atoms with van der Waals surface area (Å²) in [5.74, 6) is 1.20. The number of likely N-dealkylation sites (N-methyl/N-ethyl adjacent to an activating group) is 1. The lowest BCUT2D eigenvalue weighted by molar-refractivity contribution is -0.133. The van der Waals surface area contributed by atoms with Crippen LogP contribution in [0.2, 0.25) is 0 Å². The van der Waals surface area contributed by atoms with Crippen LogP contribution in [0, 0.1) is 0 Å². The molecule has 1 aliphatic carbocycles. The van der Waals surface area contributed by atoms with Gasteiger partial charge in [-0.15, -0.1) is 24.0 Å². The second-order valence-corrected chi connectivity index (χ2v) is 7.52. The van der Waals surface area contributed by atoms with Gasteiger partial charge in [0, 0.05) is 39.8 Å². The Morgan fingerprint density at radius 3 is 2.54 bits per heavy atom. The van der Waals surface area contributed by atoms with E-state index in [1.54, 1.807) is 4.90 Å². The highest BCUT2D eigenvalue weighted by atomic mass is 127. The molecule has 1 amide bonds. The Morgan fingerprint density at radius 1 is 1.15 bits per heavy atom. The van der Waals surface area contributed by atoms with Gasteiger partial charge in [0.2, 0.25) is 5.91 Å². The summed E-state index contributed by atoms with van der Waals surface area (Å²) in [7, 11) is 3.70. The van der Waals surface area contributed by atoms with Crippen molar-refractivity contribution < 1.29 is 4.79 Å². The summed E-state index contributed by atoms with van der Waals surface area (Å²) < 4.78 is 0. The average molecular weight is 479 g/mol. The monoisotopic (exact) mass is 479 g/mol. The van der Waals surface area contributed by atoms with Gasteiger partial charge in [0.1, 0.15) is 0 Å². The van der Waals surface area contributed by atoms with Gasteiger partial charge in [-0.1, -0.05) is 19.3 Å². The van der Waals surface area contributed by atoms with Gasteiger partial charge in [-0.25, -0.2) is 0 Å². The Bertz CT molecular complexity index is 438.